The fraction of sp³-hybridized carbons (Fsp3) is 0.579. The van der Waals surface area contributed by atoms with E-state index in [1.54, 1.807) is 26.8 Å². The predicted molar refractivity (Wildman–Crippen MR) is 101 cm³/mol. The number of ether oxygens (including phenoxy) is 1. The van der Waals surface area contributed by atoms with Crippen molar-refractivity contribution in [2.75, 3.05) is 0 Å². The molecular weight excluding hydrogens is 366 g/mol. The Morgan fingerprint density at radius 3 is 2.32 bits per heavy atom. The highest BCUT2D eigenvalue weighted by atomic mass is 16.6. The lowest BCUT2D eigenvalue weighted by molar-refractivity contribution is -0.145. The van der Waals surface area contributed by atoms with Crippen molar-refractivity contribution in [3.05, 3.63) is 30.1 Å². The first-order chi connectivity index (χ1) is 12.9. The van der Waals surface area contributed by atoms with E-state index in [0.717, 1.165) is 0 Å². The molecule has 1 rings (SSSR count). The summed E-state index contributed by atoms with van der Waals surface area (Å²) in [5.74, 6) is -2.10. The summed E-state index contributed by atoms with van der Waals surface area (Å²) < 4.78 is 5.17. The number of aliphatic hydroxyl groups is 1. The van der Waals surface area contributed by atoms with Crippen molar-refractivity contribution in [2.45, 2.75) is 64.8 Å². The molecule has 2 amide bonds. The van der Waals surface area contributed by atoms with Gasteiger partial charge in [0.2, 0.25) is 5.91 Å². The minimum absolute atomic E-state index is 0.0391. The molecule has 0 aliphatic rings. The van der Waals surface area contributed by atoms with Gasteiger partial charge in [0.15, 0.2) is 6.04 Å². The average molecular weight is 395 g/mol. The normalized spacial score (nSPS) is 14.7. The van der Waals surface area contributed by atoms with Gasteiger partial charge in [0.05, 0.1) is 0 Å². The van der Waals surface area contributed by atoms with Crippen LogP contribution in [0.5, 0.6) is 0 Å². The fourth-order valence-electron chi connectivity index (χ4n) is 2.43. The number of aliphatic hydroxyl groups excluding tert-OH is 1. The first kappa shape index (κ1) is 23.4. The molecule has 0 aliphatic heterocycles. The molecule has 1 heterocycles. The molecule has 1 aromatic heterocycles. The van der Waals surface area contributed by atoms with Crippen molar-refractivity contribution in [3.8, 4) is 0 Å². The van der Waals surface area contributed by atoms with Crippen LogP contribution in [-0.2, 0) is 14.3 Å². The summed E-state index contributed by atoms with van der Waals surface area (Å²) in [6.07, 6.45) is 0.774. The Morgan fingerprint density at radius 2 is 1.86 bits per heavy atom. The van der Waals surface area contributed by atoms with Crippen LogP contribution in [0.1, 0.15) is 52.7 Å². The number of alkyl carbamates (subject to hydrolysis) is 1. The van der Waals surface area contributed by atoms with Gasteiger partial charge < -0.3 is 25.6 Å². The second kappa shape index (κ2) is 10.0. The van der Waals surface area contributed by atoms with Gasteiger partial charge in [-0.3, -0.25) is 9.78 Å². The molecule has 0 aromatic carbocycles. The number of pyridine rings is 1. The lowest BCUT2D eigenvalue weighted by Gasteiger charge is -2.26. The zero-order valence-electron chi connectivity index (χ0n) is 16.8. The molecule has 9 nitrogen and oxygen atoms in total. The number of carbonyl (C=O) groups excluding carboxylic acids is 2. The van der Waals surface area contributed by atoms with Gasteiger partial charge in [0.25, 0.3) is 0 Å². The van der Waals surface area contributed by atoms with Crippen LogP contribution in [0.25, 0.3) is 0 Å². The molecule has 0 aliphatic carbocycles. The van der Waals surface area contributed by atoms with Gasteiger partial charge >= 0.3 is 12.1 Å². The van der Waals surface area contributed by atoms with Crippen LogP contribution in [0.3, 0.4) is 0 Å². The molecule has 3 atom stereocenters. The van der Waals surface area contributed by atoms with Crippen LogP contribution in [-0.4, -0.2) is 50.9 Å². The second-order valence-corrected chi connectivity index (χ2v) is 7.88. The number of hydrogen-bond donors (Lipinski definition) is 4. The van der Waals surface area contributed by atoms with Crippen molar-refractivity contribution in [3.63, 3.8) is 0 Å². The Morgan fingerprint density at radius 1 is 1.21 bits per heavy atom. The third-order valence-corrected chi connectivity index (χ3v) is 3.62. The standard InChI is InChI=1S/C19H29N3O6/c1-11(2)9-13(21-18(27)28-19(3,4)5)16(24)22-14(17(25)26)15(23)12-7-6-8-20-10-12/h6-8,10-11,13-15,23H,9H2,1-5H3,(H,21,27)(H,22,24)(H,25,26)/t13-,14-,15?/m0/s1. The molecule has 1 unspecified atom stereocenters. The minimum Gasteiger partial charge on any atom is -0.480 e. The number of carboxylic acids is 1. The second-order valence-electron chi connectivity index (χ2n) is 7.88. The van der Waals surface area contributed by atoms with Crippen molar-refractivity contribution < 1.29 is 29.3 Å². The Balaban J connectivity index is 2.93. The van der Waals surface area contributed by atoms with Crippen LogP contribution in [0, 0.1) is 5.92 Å². The summed E-state index contributed by atoms with van der Waals surface area (Å²) in [6.45, 7) is 8.78. The number of carbonyl (C=O) groups is 3. The maximum atomic E-state index is 12.7. The number of amides is 2. The number of hydrogen-bond acceptors (Lipinski definition) is 6. The highest BCUT2D eigenvalue weighted by Crippen LogP contribution is 2.17. The molecule has 0 fully saturated rings. The third kappa shape index (κ3) is 7.91. The van der Waals surface area contributed by atoms with Crippen LogP contribution < -0.4 is 10.6 Å². The van der Waals surface area contributed by atoms with Crippen molar-refractivity contribution >= 4 is 18.0 Å². The van der Waals surface area contributed by atoms with E-state index in [-0.39, 0.29) is 17.9 Å². The van der Waals surface area contributed by atoms with Gasteiger partial charge in [-0.15, -0.1) is 0 Å². The van der Waals surface area contributed by atoms with Crippen LogP contribution in [0.2, 0.25) is 0 Å². The number of rotatable bonds is 8. The quantitative estimate of drug-likeness (QED) is 0.525. The van der Waals surface area contributed by atoms with Crippen molar-refractivity contribution in [2.24, 2.45) is 5.92 Å². The Hall–Kier alpha value is -2.68. The smallest absolute Gasteiger partial charge is 0.408 e. The third-order valence-electron chi connectivity index (χ3n) is 3.62. The van der Waals surface area contributed by atoms with E-state index in [4.69, 9.17) is 4.74 Å². The van der Waals surface area contributed by atoms with E-state index in [1.165, 1.54) is 18.5 Å². The summed E-state index contributed by atoms with van der Waals surface area (Å²) in [5, 5.41) is 24.6. The number of carboxylic acid groups (broad SMARTS) is 1. The van der Waals surface area contributed by atoms with Crippen LogP contribution in [0.15, 0.2) is 24.5 Å². The summed E-state index contributed by atoms with van der Waals surface area (Å²) in [7, 11) is 0. The van der Waals surface area contributed by atoms with E-state index in [1.807, 2.05) is 13.8 Å². The lowest BCUT2D eigenvalue weighted by atomic mass is 10.0. The zero-order valence-corrected chi connectivity index (χ0v) is 16.8. The summed E-state index contributed by atoms with van der Waals surface area (Å²) in [6, 6.07) is 0.430. The molecule has 0 saturated carbocycles. The van der Waals surface area contributed by atoms with Gasteiger partial charge in [-0.25, -0.2) is 9.59 Å². The zero-order chi connectivity index (χ0) is 21.5. The molecule has 0 radical (unpaired) electrons. The van der Waals surface area contributed by atoms with Gasteiger partial charge in [-0.1, -0.05) is 19.9 Å². The summed E-state index contributed by atoms with van der Waals surface area (Å²) >= 11 is 0. The Labute approximate surface area is 164 Å². The highest BCUT2D eigenvalue weighted by Gasteiger charge is 2.33. The fourth-order valence-corrected chi connectivity index (χ4v) is 2.43. The molecule has 1 aromatic rings. The van der Waals surface area contributed by atoms with Gasteiger partial charge in [0, 0.05) is 18.0 Å². The monoisotopic (exact) mass is 395 g/mol. The maximum Gasteiger partial charge on any atom is 0.408 e. The molecule has 156 valence electrons. The molecule has 28 heavy (non-hydrogen) atoms. The largest absolute Gasteiger partial charge is 0.480 e. The van der Waals surface area contributed by atoms with Gasteiger partial charge in [-0.2, -0.15) is 0 Å². The predicted octanol–water partition coefficient (Wildman–Crippen LogP) is 1.62. The first-order valence-electron chi connectivity index (χ1n) is 9.01. The molecule has 9 heteroatoms. The number of aromatic nitrogens is 1. The highest BCUT2D eigenvalue weighted by molar-refractivity contribution is 5.89. The van der Waals surface area contributed by atoms with Crippen LogP contribution in [0.4, 0.5) is 4.79 Å². The maximum absolute atomic E-state index is 12.7. The number of nitrogens with one attached hydrogen (secondary N) is 2. The molecule has 0 spiro atoms. The Bertz CT molecular complexity index is 672. The molecule has 4 N–H and O–H groups in total. The first-order valence-corrected chi connectivity index (χ1v) is 9.01. The number of aliphatic carboxylic acids is 1. The lowest BCUT2D eigenvalue weighted by Crippen LogP contribution is -2.54. The van der Waals surface area contributed by atoms with E-state index in [9.17, 15) is 24.6 Å². The molecule has 0 saturated heterocycles. The van der Waals surface area contributed by atoms with Gasteiger partial charge in [0.1, 0.15) is 17.7 Å². The molecular formula is C19H29N3O6. The number of nitrogens with zero attached hydrogens (tertiary/aromatic N) is 1. The summed E-state index contributed by atoms with van der Waals surface area (Å²) in [4.78, 5) is 40.1. The van der Waals surface area contributed by atoms with Crippen molar-refractivity contribution in [1.29, 1.82) is 0 Å². The van der Waals surface area contributed by atoms with E-state index >= 15 is 0 Å². The average Bonchev–Trinajstić information content (AvgIpc) is 2.56. The van der Waals surface area contributed by atoms with E-state index < -0.39 is 41.8 Å². The van der Waals surface area contributed by atoms with Crippen molar-refractivity contribution in [1.82, 2.24) is 15.6 Å². The van der Waals surface area contributed by atoms with E-state index in [2.05, 4.69) is 15.6 Å². The molecule has 0 bridgehead atoms. The summed E-state index contributed by atoms with van der Waals surface area (Å²) in [5.41, 5.74) is -0.501. The Kier molecular flexibility index (Phi) is 8.36. The van der Waals surface area contributed by atoms with Crippen LogP contribution >= 0.6 is 0 Å². The van der Waals surface area contributed by atoms with Gasteiger partial charge in [-0.05, 0) is 39.2 Å². The van der Waals surface area contributed by atoms with E-state index in [0.29, 0.717) is 0 Å². The minimum atomic E-state index is -1.60. The topological polar surface area (TPSA) is 138 Å². The SMILES string of the molecule is CC(C)C[C@H](NC(=O)OC(C)(C)C)C(=O)N[C@H](C(=O)O)C(O)c1cccnc1.